The number of hydrogen-bond donors (Lipinski definition) is 2. The van der Waals surface area contributed by atoms with Crippen LogP contribution in [0.15, 0.2) is 61.1 Å². The zero-order chi connectivity index (χ0) is 23.8. The Labute approximate surface area is 181 Å². The molecule has 172 valence electrons. The lowest BCUT2D eigenvalue weighted by molar-refractivity contribution is -0.142. The molecule has 33 heavy (non-hydrogen) atoms. The van der Waals surface area contributed by atoms with E-state index >= 15 is 0 Å². The molecule has 4 aromatic rings. The molecule has 4 rings (SSSR count). The zero-order valence-corrected chi connectivity index (χ0v) is 16.4. The fraction of sp³-hybridized carbons (Fsp3) is 0.150. The fourth-order valence-electron chi connectivity index (χ4n) is 2.99. The molecule has 0 atom stereocenters. The van der Waals surface area contributed by atoms with E-state index < -0.39 is 30.5 Å². The molecule has 0 unspecified atom stereocenters. The van der Waals surface area contributed by atoms with Crippen LogP contribution in [0, 0.1) is 0 Å². The number of rotatable bonds is 5. The van der Waals surface area contributed by atoms with Gasteiger partial charge in [0.25, 0.3) is 5.91 Å². The Bertz CT molecular complexity index is 1290. The van der Waals surface area contributed by atoms with Gasteiger partial charge in [0.1, 0.15) is 18.0 Å². The van der Waals surface area contributed by atoms with Crippen LogP contribution in [0.1, 0.15) is 16.1 Å². The molecule has 1 amide bonds. The van der Waals surface area contributed by atoms with E-state index in [0.717, 1.165) is 18.6 Å². The van der Waals surface area contributed by atoms with Gasteiger partial charge in [0.2, 0.25) is 0 Å². The van der Waals surface area contributed by atoms with E-state index in [0.29, 0.717) is 21.9 Å². The Hall–Kier alpha value is -4.03. The van der Waals surface area contributed by atoms with E-state index in [1.807, 2.05) is 0 Å². The van der Waals surface area contributed by atoms with Crippen molar-refractivity contribution in [3.05, 3.63) is 72.3 Å². The van der Waals surface area contributed by atoms with E-state index in [4.69, 9.17) is 0 Å². The predicted molar refractivity (Wildman–Crippen MR) is 106 cm³/mol. The zero-order valence-electron chi connectivity index (χ0n) is 16.4. The Morgan fingerprint density at radius 3 is 2.30 bits per heavy atom. The SMILES string of the molecule is O=C(Nc1ccc(Nc2cccc3nc(C(F)(F)F)cn23)cc1)c1cnn(CC(F)(F)F)c1. The normalized spacial score (nSPS) is 12.2. The molecule has 0 aliphatic rings. The van der Waals surface area contributed by atoms with Gasteiger partial charge < -0.3 is 10.6 Å². The van der Waals surface area contributed by atoms with Crippen molar-refractivity contribution in [3.63, 3.8) is 0 Å². The van der Waals surface area contributed by atoms with Crippen LogP contribution < -0.4 is 10.6 Å². The molecule has 13 heteroatoms. The van der Waals surface area contributed by atoms with Crippen molar-refractivity contribution in [2.45, 2.75) is 18.9 Å². The first-order valence-corrected chi connectivity index (χ1v) is 9.31. The third-order valence-electron chi connectivity index (χ3n) is 4.43. The molecule has 0 saturated heterocycles. The van der Waals surface area contributed by atoms with Crippen molar-refractivity contribution in [2.24, 2.45) is 0 Å². The van der Waals surface area contributed by atoms with Gasteiger partial charge in [-0.15, -0.1) is 0 Å². The monoisotopic (exact) mass is 468 g/mol. The highest BCUT2D eigenvalue weighted by atomic mass is 19.4. The van der Waals surface area contributed by atoms with E-state index in [1.54, 1.807) is 24.3 Å². The quantitative estimate of drug-likeness (QED) is 0.400. The number of fused-ring (bicyclic) bond motifs is 1. The van der Waals surface area contributed by atoms with Crippen LogP contribution in [0.5, 0.6) is 0 Å². The Kier molecular flexibility index (Phi) is 5.47. The smallest absolute Gasteiger partial charge is 0.341 e. The average Bonchev–Trinajstić information content (AvgIpc) is 3.35. The number of pyridine rings is 1. The molecule has 0 saturated carbocycles. The third kappa shape index (κ3) is 5.25. The number of nitrogens with one attached hydrogen (secondary N) is 2. The molecule has 0 spiro atoms. The van der Waals surface area contributed by atoms with Crippen molar-refractivity contribution in [1.29, 1.82) is 0 Å². The first kappa shape index (κ1) is 22.2. The Balaban J connectivity index is 1.45. The second-order valence-electron chi connectivity index (χ2n) is 6.96. The number of halogens is 6. The summed E-state index contributed by atoms with van der Waals surface area (Å²) < 4.78 is 77.9. The number of imidazole rings is 1. The van der Waals surface area contributed by atoms with Gasteiger partial charge in [-0.05, 0) is 36.4 Å². The molecule has 0 aliphatic carbocycles. The summed E-state index contributed by atoms with van der Waals surface area (Å²) >= 11 is 0. The summed E-state index contributed by atoms with van der Waals surface area (Å²) in [7, 11) is 0. The summed E-state index contributed by atoms with van der Waals surface area (Å²) in [5, 5.41) is 9.02. The van der Waals surface area contributed by atoms with Crippen molar-refractivity contribution in [2.75, 3.05) is 10.6 Å². The van der Waals surface area contributed by atoms with Crippen molar-refractivity contribution in [3.8, 4) is 0 Å². The lowest BCUT2D eigenvalue weighted by Crippen LogP contribution is -2.18. The molecule has 7 nitrogen and oxygen atoms in total. The lowest BCUT2D eigenvalue weighted by atomic mass is 10.2. The number of nitrogens with zero attached hydrogens (tertiary/aromatic N) is 4. The number of carbonyl (C=O) groups is 1. The summed E-state index contributed by atoms with van der Waals surface area (Å²) in [4.78, 5) is 15.8. The summed E-state index contributed by atoms with van der Waals surface area (Å²) in [6.45, 7) is -1.31. The highest BCUT2D eigenvalue weighted by molar-refractivity contribution is 6.04. The van der Waals surface area contributed by atoms with E-state index in [-0.39, 0.29) is 11.2 Å². The molecule has 0 radical (unpaired) electrons. The fourth-order valence-corrected chi connectivity index (χ4v) is 2.99. The maximum atomic E-state index is 12.9. The number of alkyl halides is 6. The molecular formula is C20H14F6N6O. The average molecular weight is 468 g/mol. The van der Waals surface area contributed by atoms with Crippen molar-refractivity contribution < 1.29 is 31.1 Å². The first-order chi connectivity index (χ1) is 15.5. The van der Waals surface area contributed by atoms with E-state index in [9.17, 15) is 31.1 Å². The van der Waals surface area contributed by atoms with Crippen molar-refractivity contribution >= 4 is 28.7 Å². The first-order valence-electron chi connectivity index (χ1n) is 9.31. The number of hydrogen-bond acceptors (Lipinski definition) is 4. The van der Waals surface area contributed by atoms with Gasteiger partial charge in [-0.1, -0.05) is 6.07 Å². The minimum absolute atomic E-state index is 0.0475. The Morgan fingerprint density at radius 2 is 1.64 bits per heavy atom. The van der Waals surface area contributed by atoms with Crippen LogP contribution in [0.25, 0.3) is 5.65 Å². The summed E-state index contributed by atoms with van der Waals surface area (Å²) in [5.74, 6) is -0.309. The minimum Gasteiger partial charge on any atom is -0.341 e. The molecule has 0 fully saturated rings. The molecule has 0 bridgehead atoms. The number of amides is 1. The molecule has 2 N–H and O–H groups in total. The third-order valence-corrected chi connectivity index (χ3v) is 4.43. The van der Waals surface area contributed by atoms with Gasteiger partial charge in [0, 0.05) is 23.8 Å². The molecule has 0 aliphatic heterocycles. The predicted octanol–water partition coefficient (Wildman–Crippen LogP) is 5.11. The largest absolute Gasteiger partial charge is 0.434 e. The second-order valence-corrected chi connectivity index (χ2v) is 6.96. The van der Waals surface area contributed by atoms with Gasteiger partial charge >= 0.3 is 12.4 Å². The van der Waals surface area contributed by atoms with Crippen LogP contribution >= 0.6 is 0 Å². The van der Waals surface area contributed by atoms with Gasteiger partial charge in [0.05, 0.1) is 11.8 Å². The van der Waals surface area contributed by atoms with Crippen LogP contribution in [-0.2, 0) is 12.7 Å². The second kappa shape index (κ2) is 8.15. The van der Waals surface area contributed by atoms with Gasteiger partial charge in [-0.3, -0.25) is 13.9 Å². The van der Waals surface area contributed by atoms with Crippen LogP contribution in [0.4, 0.5) is 43.5 Å². The highest BCUT2D eigenvalue weighted by Gasteiger charge is 2.34. The summed E-state index contributed by atoms with van der Waals surface area (Å²) in [6.07, 6.45) is -6.15. The van der Waals surface area contributed by atoms with Gasteiger partial charge in [-0.2, -0.15) is 31.4 Å². The van der Waals surface area contributed by atoms with E-state index in [2.05, 4.69) is 20.7 Å². The van der Waals surface area contributed by atoms with E-state index in [1.165, 1.54) is 22.6 Å². The molecule has 1 aromatic carbocycles. The summed E-state index contributed by atoms with van der Waals surface area (Å²) in [5.41, 5.74) is -0.0839. The number of aromatic nitrogens is 4. The lowest BCUT2D eigenvalue weighted by Gasteiger charge is -2.10. The Morgan fingerprint density at radius 1 is 0.939 bits per heavy atom. The van der Waals surface area contributed by atoms with Crippen LogP contribution in [0.3, 0.4) is 0 Å². The van der Waals surface area contributed by atoms with Gasteiger partial charge in [0.15, 0.2) is 5.69 Å². The van der Waals surface area contributed by atoms with Gasteiger partial charge in [-0.25, -0.2) is 4.98 Å². The van der Waals surface area contributed by atoms with Crippen molar-refractivity contribution in [1.82, 2.24) is 19.2 Å². The van der Waals surface area contributed by atoms with Crippen LogP contribution in [-0.4, -0.2) is 31.2 Å². The minimum atomic E-state index is -4.58. The summed E-state index contributed by atoms with van der Waals surface area (Å²) in [6, 6.07) is 10.8. The molecule has 3 heterocycles. The van der Waals surface area contributed by atoms with Crippen LogP contribution in [0.2, 0.25) is 0 Å². The maximum Gasteiger partial charge on any atom is 0.434 e. The highest BCUT2D eigenvalue weighted by Crippen LogP contribution is 2.30. The number of anilines is 3. The number of carbonyl (C=O) groups excluding carboxylic acids is 1. The topological polar surface area (TPSA) is 76.2 Å². The number of benzene rings is 1. The standard InChI is InChI=1S/C20H14F6N6O/c21-19(22,23)11-31-9-12(8-27-31)18(33)29-14-6-4-13(5-7-14)28-16-2-1-3-17-30-15(10-32(16)17)20(24,25)26/h1-10,28H,11H2,(H,29,33). The molecular weight excluding hydrogens is 454 g/mol. The maximum absolute atomic E-state index is 12.9. The molecule has 3 aromatic heterocycles.